The number of carbonyl (C=O) groups excluding carboxylic acids is 1. The number of rotatable bonds is 3. The molecule has 2 amide bonds. The second-order valence-corrected chi connectivity index (χ2v) is 7.82. The van der Waals surface area contributed by atoms with Crippen LogP contribution in [-0.2, 0) is 16.0 Å². The zero-order chi connectivity index (χ0) is 26.1. The highest BCUT2D eigenvalue weighted by molar-refractivity contribution is 6.03. The minimum Gasteiger partial charge on any atom is -0.493 e. The molecule has 5 rings (SSSR count). The Bertz CT molecular complexity index is 1200. The Morgan fingerprint density at radius 3 is 2.53 bits per heavy atom. The molecule has 13 nitrogen and oxygen atoms in total. The highest BCUT2D eigenvalue weighted by Crippen LogP contribution is 2.34. The van der Waals surface area contributed by atoms with Crippen molar-refractivity contribution in [2.24, 2.45) is 0 Å². The van der Waals surface area contributed by atoms with Crippen molar-refractivity contribution in [3.8, 4) is 5.75 Å². The first-order chi connectivity index (χ1) is 17.5. The number of imidazole rings is 1. The molecule has 3 aromatic rings. The van der Waals surface area contributed by atoms with Crippen LogP contribution in [0.25, 0.3) is 5.65 Å². The normalized spacial score (nSPS) is 14.1. The van der Waals surface area contributed by atoms with Crippen LogP contribution in [0, 0.1) is 6.92 Å². The second-order valence-electron chi connectivity index (χ2n) is 7.82. The maximum Gasteiger partial charge on any atom is 0.327 e. The third kappa shape index (κ3) is 5.81. The largest absolute Gasteiger partial charge is 0.493 e. The van der Waals surface area contributed by atoms with Gasteiger partial charge in [0.2, 0.25) is 0 Å². The van der Waals surface area contributed by atoms with Crippen LogP contribution in [-0.4, -0.2) is 83.4 Å². The van der Waals surface area contributed by atoms with Gasteiger partial charge in [-0.05, 0) is 19.4 Å². The number of methoxy groups -OCH3 is 1. The number of piperazine rings is 1. The van der Waals surface area contributed by atoms with Crippen LogP contribution >= 0.6 is 0 Å². The van der Waals surface area contributed by atoms with Crippen molar-refractivity contribution in [3.63, 3.8) is 0 Å². The number of urea groups is 1. The molecule has 3 aromatic heterocycles. The lowest BCUT2D eigenvalue weighted by atomic mass is 10.1. The number of carbonyl (C=O) groups is 3. The van der Waals surface area contributed by atoms with Crippen molar-refractivity contribution in [1.82, 2.24) is 19.7 Å². The summed E-state index contributed by atoms with van der Waals surface area (Å²) in [6.45, 7) is 5.91. The summed E-state index contributed by atoms with van der Waals surface area (Å²) in [5, 5.41) is 20.2. The van der Waals surface area contributed by atoms with Crippen LogP contribution in [0.3, 0.4) is 0 Å². The summed E-state index contributed by atoms with van der Waals surface area (Å²) in [6.07, 6.45) is 6.35. The van der Waals surface area contributed by atoms with E-state index < -0.39 is 0 Å². The molecule has 0 aliphatic carbocycles. The van der Waals surface area contributed by atoms with Gasteiger partial charge in [0, 0.05) is 68.6 Å². The third-order valence-corrected chi connectivity index (χ3v) is 5.66. The standard InChI is InChI=1S/C21H25N7O2.2CH2O2/c1-14-12-27-13-15(11-18(30-2)20(27)24-14)25-21(29)28-8-4-16-17(3-5-23-19(16)28)26-9-6-22-7-10-26;2*2-1-3/h3,5,11-13,22H,4,6-10H2,1-2H3,(H,25,29);2*1H,(H,2,3). The summed E-state index contributed by atoms with van der Waals surface area (Å²) in [5.41, 5.74) is 4.59. The number of fused-ring (bicyclic) bond motifs is 2. The molecule has 13 heteroatoms. The number of aryl methyl sites for hydroxylation is 1. The van der Waals surface area contributed by atoms with Gasteiger partial charge < -0.3 is 34.9 Å². The minimum atomic E-state index is -0.250. The number of hydrogen-bond acceptors (Lipinski definition) is 8. The molecule has 0 radical (unpaired) electrons. The van der Waals surface area contributed by atoms with Crippen LogP contribution in [0.15, 0.2) is 30.7 Å². The van der Waals surface area contributed by atoms with Crippen LogP contribution < -0.4 is 25.2 Å². The van der Waals surface area contributed by atoms with Gasteiger partial charge in [-0.3, -0.25) is 14.5 Å². The molecule has 0 unspecified atom stereocenters. The molecule has 0 aromatic carbocycles. The van der Waals surface area contributed by atoms with E-state index in [4.69, 9.17) is 24.5 Å². The lowest BCUT2D eigenvalue weighted by molar-refractivity contribution is -0.123. The maximum atomic E-state index is 13.1. The van der Waals surface area contributed by atoms with E-state index >= 15 is 0 Å². The molecule has 4 N–H and O–H groups in total. The Balaban J connectivity index is 0.000000550. The fourth-order valence-corrected chi connectivity index (χ4v) is 4.27. The number of aromatic nitrogens is 3. The summed E-state index contributed by atoms with van der Waals surface area (Å²) < 4.78 is 7.32. The monoisotopic (exact) mass is 499 g/mol. The van der Waals surface area contributed by atoms with Crippen molar-refractivity contribution < 1.29 is 29.3 Å². The van der Waals surface area contributed by atoms with Gasteiger partial charge in [-0.15, -0.1) is 0 Å². The van der Waals surface area contributed by atoms with E-state index in [0.717, 1.165) is 55.3 Å². The van der Waals surface area contributed by atoms with Crippen molar-refractivity contribution in [2.75, 3.05) is 55.0 Å². The highest BCUT2D eigenvalue weighted by Gasteiger charge is 2.30. The molecule has 0 saturated carbocycles. The van der Waals surface area contributed by atoms with Crippen LogP contribution in [0.5, 0.6) is 5.75 Å². The molecule has 1 saturated heterocycles. The summed E-state index contributed by atoms with van der Waals surface area (Å²) in [6, 6.07) is 3.66. The number of pyridine rings is 2. The summed E-state index contributed by atoms with van der Waals surface area (Å²) in [7, 11) is 1.60. The summed E-state index contributed by atoms with van der Waals surface area (Å²) in [5.74, 6) is 1.36. The average molecular weight is 500 g/mol. The van der Waals surface area contributed by atoms with Crippen LogP contribution in [0.1, 0.15) is 11.3 Å². The highest BCUT2D eigenvalue weighted by atomic mass is 16.5. The van der Waals surface area contributed by atoms with E-state index in [1.54, 1.807) is 24.3 Å². The second kappa shape index (κ2) is 12.4. The van der Waals surface area contributed by atoms with Crippen molar-refractivity contribution in [1.29, 1.82) is 0 Å². The molecule has 0 bridgehead atoms. The predicted octanol–water partition coefficient (Wildman–Crippen LogP) is 1.45. The lowest BCUT2D eigenvalue weighted by Crippen LogP contribution is -2.43. The summed E-state index contributed by atoms with van der Waals surface area (Å²) in [4.78, 5) is 42.9. The Morgan fingerprint density at radius 1 is 1.17 bits per heavy atom. The quantitative estimate of drug-likeness (QED) is 0.388. The predicted molar refractivity (Wildman–Crippen MR) is 133 cm³/mol. The molecular formula is C23H29N7O6. The average Bonchev–Trinajstić information content (AvgIpc) is 3.48. The lowest BCUT2D eigenvalue weighted by Gasteiger charge is -2.31. The fraction of sp³-hybridized carbons (Fsp3) is 0.348. The fourth-order valence-electron chi connectivity index (χ4n) is 4.27. The van der Waals surface area contributed by atoms with E-state index in [2.05, 4.69) is 31.6 Å². The van der Waals surface area contributed by atoms with Gasteiger partial charge in [0.25, 0.3) is 12.9 Å². The number of hydrogen-bond donors (Lipinski definition) is 4. The first-order valence-corrected chi connectivity index (χ1v) is 11.2. The molecule has 1 fully saturated rings. The Hall–Kier alpha value is -4.39. The van der Waals surface area contributed by atoms with Crippen LogP contribution in [0.2, 0.25) is 0 Å². The first-order valence-electron chi connectivity index (χ1n) is 11.2. The Labute approximate surface area is 207 Å². The third-order valence-electron chi connectivity index (χ3n) is 5.66. The Morgan fingerprint density at radius 2 is 1.86 bits per heavy atom. The van der Waals surface area contributed by atoms with Gasteiger partial charge in [0.1, 0.15) is 5.82 Å². The van der Waals surface area contributed by atoms with E-state index in [-0.39, 0.29) is 19.0 Å². The van der Waals surface area contributed by atoms with Gasteiger partial charge in [-0.1, -0.05) is 0 Å². The van der Waals surface area contributed by atoms with Gasteiger partial charge >= 0.3 is 6.03 Å². The minimum absolute atomic E-state index is 0.197. The van der Waals surface area contributed by atoms with E-state index in [9.17, 15) is 4.79 Å². The topological polar surface area (TPSA) is 162 Å². The molecule has 192 valence electrons. The van der Waals surface area contributed by atoms with Crippen molar-refractivity contribution in [2.45, 2.75) is 13.3 Å². The van der Waals surface area contributed by atoms with E-state index in [0.29, 0.717) is 18.0 Å². The summed E-state index contributed by atoms with van der Waals surface area (Å²) >= 11 is 0. The number of nitrogens with one attached hydrogen (secondary N) is 2. The zero-order valence-corrected chi connectivity index (χ0v) is 20.0. The molecular weight excluding hydrogens is 470 g/mol. The molecule has 0 spiro atoms. The van der Waals surface area contributed by atoms with E-state index in [1.807, 2.05) is 23.7 Å². The molecule has 2 aliphatic heterocycles. The molecule has 2 aliphatic rings. The van der Waals surface area contributed by atoms with Gasteiger partial charge in [0.15, 0.2) is 11.4 Å². The molecule has 5 heterocycles. The van der Waals surface area contributed by atoms with Crippen LogP contribution in [0.4, 0.5) is 22.0 Å². The maximum absolute atomic E-state index is 13.1. The van der Waals surface area contributed by atoms with Gasteiger partial charge in [0.05, 0.1) is 18.5 Å². The van der Waals surface area contributed by atoms with Gasteiger partial charge in [-0.2, -0.15) is 0 Å². The number of anilines is 3. The number of amides is 2. The number of ether oxygens (including phenoxy) is 1. The van der Waals surface area contributed by atoms with Crippen molar-refractivity contribution in [3.05, 3.63) is 42.0 Å². The zero-order valence-electron chi connectivity index (χ0n) is 20.0. The molecule has 36 heavy (non-hydrogen) atoms. The molecule has 0 atom stereocenters. The first kappa shape index (κ1) is 26.2. The smallest absolute Gasteiger partial charge is 0.327 e. The number of nitrogens with zero attached hydrogens (tertiary/aromatic N) is 5. The SMILES string of the molecule is COc1cc(NC(=O)N2CCc3c(N4CCNCC4)ccnc32)cn2cc(C)nc12.O=CO.O=CO. The number of carboxylic acid groups (broad SMARTS) is 2. The van der Waals surface area contributed by atoms with Crippen molar-refractivity contribution >= 4 is 41.8 Å². The Kier molecular flexibility index (Phi) is 9.00. The van der Waals surface area contributed by atoms with E-state index in [1.165, 1.54) is 5.69 Å². The van der Waals surface area contributed by atoms with Gasteiger partial charge in [-0.25, -0.2) is 14.8 Å².